The van der Waals surface area contributed by atoms with Crippen molar-refractivity contribution in [2.24, 2.45) is 0 Å². The van der Waals surface area contributed by atoms with Gasteiger partial charge in [-0.25, -0.2) is 4.68 Å². The van der Waals surface area contributed by atoms with Crippen LogP contribution in [0.15, 0.2) is 48.5 Å². The van der Waals surface area contributed by atoms with Crippen molar-refractivity contribution in [2.45, 2.75) is 52.5 Å². The Morgan fingerprint density at radius 2 is 1.97 bits per heavy atom. The lowest BCUT2D eigenvalue weighted by Gasteiger charge is -2.33. The van der Waals surface area contributed by atoms with Crippen LogP contribution in [0.25, 0.3) is 16.9 Å². The number of piperidine rings is 1. The first kappa shape index (κ1) is 23.5. The van der Waals surface area contributed by atoms with Crippen LogP contribution in [0.2, 0.25) is 5.02 Å². The molecule has 174 valence electrons. The molecule has 3 aromatic rings. The maximum absolute atomic E-state index is 13.2. The van der Waals surface area contributed by atoms with Crippen LogP contribution in [0.4, 0.5) is 0 Å². The third kappa shape index (κ3) is 5.66. The average molecular weight is 465 g/mol. The highest BCUT2D eigenvalue weighted by molar-refractivity contribution is 6.30. The first-order valence-corrected chi connectivity index (χ1v) is 12.3. The number of likely N-dealkylation sites (tertiary alicyclic amines) is 1. The lowest BCUT2D eigenvalue weighted by Crippen LogP contribution is -2.39. The van der Waals surface area contributed by atoms with E-state index in [-0.39, 0.29) is 5.91 Å². The van der Waals surface area contributed by atoms with Gasteiger partial charge >= 0.3 is 0 Å². The van der Waals surface area contributed by atoms with E-state index >= 15 is 0 Å². The molecular weight excluding hydrogens is 432 g/mol. The molecule has 0 radical (unpaired) electrons. The number of hydrogen-bond acceptors (Lipinski definition) is 3. The van der Waals surface area contributed by atoms with E-state index in [2.05, 4.69) is 49.2 Å². The van der Waals surface area contributed by atoms with E-state index in [4.69, 9.17) is 16.7 Å². The molecule has 0 bridgehead atoms. The Morgan fingerprint density at radius 1 is 1.12 bits per heavy atom. The van der Waals surface area contributed by atoms with Gasteiger partial charge in [-0.3, -0.25) is 4.79 Å². The highest BCUT2D eigenvalue weighted by atomic mass is 35.5. The fourth-order valence-corrected chi connectivity index (χ4v) is 4.64. The second-order valence-electron chi connectivity index (χ2n) is 9.10. The number of amides is 1. The zero-order valence-electron chi connectivity index (χ0n) is 19.8. The van der Waals surface area contributed by atoms with Crippen LogP contribution in [0, 0.1) is 13.8 Å². The summed E-state index contributed by atoms with van der Waals surface area (Å²) in [5.74, 6) is -0.121. The monoisotopic (exact) mass is 464 g/mol. The number of carbonyl (C=O) groups is 1. The number of rotatable bonds is 7. The predicted octanol–water partition coefficient (Wildman–Crippen LogP) is 5.80. The Hall–Kier alpha value is -2.63. The summed E-state index contributed by atoms with van der Waals surface area (Å²) >= 11 is 6.23. The van der Waals surface area contributed by atoms with Crippen LogP contribution in [-0.2, 0) is 0 Å². The molecule has 1 atom stereocenters. The maximum atomic E-state index is 13.2. The van der Waals surface area contributed by atoms with E-state index in [1.54, 1.807) is 4.68 Å². The summed E-state index contributed by atoms with van der Waals surface area (Å²) < 4.78 is 1.69. The minimum atomic E-state index is -0.121. The average Bonchev–Trinajstić information content (AvgIpc) is 3.25. The zero-order chi connectivity index (χ0) is 23.4. The summed E-state index contributed by atoms with van der Waals surface area (Å²) in [4.78, 5) is 15.7. The van der Waals surface area contributed by atoms with Crippen molar-refractivity contribution in [1.82, 2.24) is 20.0 Å². The van der Waals surface area contributed by atoms with Gasteiger partial charge in [0.1, 0.15) is 5.69 Å². The molecule has 1 aliphatic rings. The van der Waals surface area contributed by atoms with Gasteiger partial charge in [0, 0.05) is 29.7 Å². The lowest BCUT2D eigenvalue weighted by molar-refractivity contribution is 0.0941. The van der Waals surface area contributed by atoms with E-state index in [1.807, 2.05) is 30.3 Å². The quantitative estimate of drug-likeness (QED) is 0.449. The third-order valence-electron chi connectivity index (χ3n) is 6.65. The van der Waals surface area contributed by atoms with Crippen molar-refractivity contribution in [3.8, 4) is 16.9 Å². The van der Waals surface area contributed by atoms with Gasteiger partial charge in [-0.05, 0) is 88.0 Å². The smallest absolute Gasteiger partial charge is 0.270 e. The molecule has 1 aliphatic heterocycles. The molecular formula is C27H33ClN4O. The van der Waals surface area contributed by atoms with Crippen LogP contribution >= 0.6 is 11.6 Å². The van der Waals surface area contributed by atoms with Crippen LogP contribution in [0.5, 0.6) is 0 Å². The molecule has 0 saturated carbocycles. The summed E-state index contributed by atoms with van der Waals surface area (Å²) in [7, 11) is 0. The van der Waals surface area contributed by atoms with Crippen molar-refractivity contribution >= 4 is 17.5 Å². The van der Waals surface area contributed by atoms with E-state index in [1.165, 1.54) is 30.4 Å². The second-order valence-corrected chi connectivity index (χ2v) is 9.53. The van der Waals surface area contributed by atoms with Gasteiger partial charge in [0.2, 0.25) is 0 Å². The van der Waals surface area contributed by atoms with E-state index in [9.17, 15) is 4.79 Å². The summed E-state index contributed by atoms with van der Waals surface area (Å²) in [5, 5.41) is 8.50. The third-order valence-corrected chi connectivity index (χ3v) is 6.88. The highest BCUT2D eigenvalue weighted by Gasteiger charge is 2.20. The van der Waals surface area contributed by atoms with Crippen molar-refractivity contribution in [1.29, 1.82) is 0 Å². The van der Waals surface area contributed by atoms with Crippen molar-refractivity contribution < 1.29 is 4.79 Å². The standard InChI is InChI=1S/C27H33ClN4O/c1-19-11-12-22(16-20(19)2)25-18-26(32(30-25)24-10-6-9-23(28)17-24)27(33)29-13-7-15-31-14-5-4-8-21(31)3/h6,9-12,16-18,21H,4-5,7-8,13-15H2,1-3H3,(H,29,33). The Morgan fingerprint density at radius 3 is 2.73 bits per heavy atom. The lowest BCUT2D eigenvalue weighted by atomic mass is 10.0. The van der Waals surface area contributed by atoms with Crippen LogP contribution in [0.1, 0.15) is 54.2 Å². The van der Waals surface area contributed by atoms with Gasteiger partial charge in [-0.15, -0.1) is 0 Å². The van der Waals surface area contributed by atoms with Crippen LogP contribution in [-0.4, -0.2) is 46.3 Å². The number of nitrogens with one attached hydrogen (secondary N) is 1. The fourth-order valence-electron chi connectivity index (χ4n) is 4.45. The number of carbonyl (C=O) groups excluding carboxylic acids is 1. The fraction of sp³-hybridized carbons (Fsp3) is 0.407. The molecule has 33 heavy (non-hydrogen) atoms. The predicted molar refractivity (Wildman–Crippen MR) is 135 cm³/mol. The molecule has 2 aromatic carbocycles. The van der Waals surface area contributed by atoms with E-state index in [0.29, 0.717) is 23.3 Å². The van der Waals surface area contributed by atoms with E-state index < -0.39 is 0 Å². The minimum absolute atomic E-state index is 0.121. The van der Waals surface area contributed by atoms with Crippen molar-refractivity contribution in [3.63, 3.8) is 0 Å². The molecule has 1 fully saturated rings. The number of nitrogens with zero attached hydrogens (tertiary/aromatic N) is 3. The molecule has 1 unspecified atom stereocenters. The molecule has 1 aromatic heterocycles. The van der Waals surface area contributed by atoms with Gasteiger partial charge < -0.3 is 10.2 Å². The molecule has 2 heterocycles. The molecule has 0 spiro atoms. The molecule has 1 amide bonds. The summed E-state index contributed by atoms with van der Waals surface area (Å²) in [6.07, 6.45) is 4.80. The first-order valence-electron chi connectivity index (χ1n) is 11.9. The van der Waals surface area contributed by atoms with Gasteiger partial charge in [-0.1, -0.05) is 36.2 Å². The second kappa shape index (κ2) is 10.5. The van der Waals surface area contributed by atoms with Crippen molar-refractivity contribution in [2.75, 3.05) is 19.6 Å². The van der Waals surface area contributed by atoms with Crippen LogP contribution in [0.3, 0.4) is 0 Å². The Kier molecular flexibility index (Phi) is 7.51. The molecule has 1 saturated heterocycles. The molecule has 1 N–H and O–H groups in total. The Labute approximate surface area is 201 Å². The number of hydrogen-bond donors (Lipinski definition) is 1. The molecule has 5 nitrogen and oxygen atoms in total. The Bertz CT molecular complexity index is 1120. The highest BCUT2D eigenvalue weighted by Crippen LogP contribution is 2.25. The number of aryl methyl sites for hydroxylation is 2. The molecule has 4 rings (SSSR count). The van der Waals surface area contributed by atoms with Gasteiger partial charge in [0.05, 0.1) is 11.4 Å². The number of benzene rings is 2. The maximum Gasteiger partial charge on any atom is 0.270 e. The summed E-state index contributed by atoms with van der Waals surface area (Å²) in [6.45, 7) is 9.30. The SMILES string of the molecule is Cc1ccc(-c2cc(C(=O)NCCCN3CCCCC3C)n(-c3cccc(Cl)c3)n2)cc1C. The zero-order valence-corrected chi connectivity index (χ0v) is 20.5. The van der Waals surface area contributed by atoms with Gasteiger partial charge in [-0.2, -0.15) is 5.10 Å². The largest absolute Gasteiger partial charge is 0.351 e. The normalized spacial score (nSPS) is 16.7. The number of halogens is 1. The van der Waals surface area contributed by atoms with Crippen LogP contribution < -0.4 is 5.32 Å². The molecule has 0 aliphatic carbocycles. The van der Waals surface area contributed by atoms with E-state index in [0.717, 1.165) is 36.5 Å². The Balaban J connectivity index is 1.53. The number of aromatic nitrogens is 2. The summed E-state index contributed by atoms with van der Waals surface area (Å²) in [5.41, 5.74) is 5.47. The van der Waals surface area contributed by atoms with Gasteiger partial charge in [0.25, 0.3) is 5.91 Å². The van der Waals surface area contributed by atoms with Gasteiger partial charge in [0.15, 0.2) is 0 Å². The van der Waals surface area contributed by atoms with Crippen molar-refractivity contribution in [3.05, 3.63) is 70.4 Å². The summed E-state index contributed by atoms with van der Waals surface area (Å²) in [6, 6.07) is 16.2. The molecule has 6 heteroatoms. The first-order chi connectivity index (χ1) is 15.9. The minimum Gasteiger partial charge on any atom is -0.351 e. The topological polar surface area (TPSA) is 50.2 Å².